The van der Waals surface area contributed by atoms with Crippen molar-refractivity contribution in [3.05, 3.63) is 23.0 Å². The van der Waals surface area contributed by atoms with Gasteiger partial charge in [0.1, 0.15) is 0 Å². The minimum atomic E-state index is -1.08. The first kappa shape index (κ1) is 11.3. The molecular formula is C11H12FNO2. The fourth-order valence-corrected chi connectivity index (χ4v) is 1.29. The first-order chi connectivity index (χ1) is 6.81. The zero-order valence-electron chi connectivity index (χ0n) is 8.80. The monoisotopic (exact) mass is 209 g/mol. The van der Waals surface area contributed by atoms with Crippen LogP contribution in [0.15, 0.2) is 6.07 Å². The van der Waals surface area contributed by atoms with Crippen LogP contribution in [0.3, 0.4) is 0 Å². The molecule has 0 amide bonds. The number of nitriles is 1. The van der Waals surface area contributed by atoms with Crippen molar-refractivity contribution in [3.63, 3.8) is 0 Å². The van der Waals surface area contributed by atoms with Crippen molar-refractivity contribution in [2.24, 2.45) is 0 Å². The molecule has 0 aliphatic rings. The number of aryl methyl sites for hydroxylation is 1. The van der Waals surface area contributed by atoms with Crippen LogP contribution >= 0.6 is 0 Å². The van der Waals surface area contributed by atoms with Crippen molar-refractivity contribution in [1.82, 2.24) is 0 Å². The van der Waals surface area contributed by atoms with E-state index in [2.05, 4.69) is 0 Å². The Hall–Kier alpha value is -1.76. The molecule has 0 saturated carbocycles. The molecule has 1 aromatic rings. The highest BCUT2D eigenvalue weighted by Gasteiger charge is 2.27. The van der Waals surface area contributed by atoms with Crippen LogP contribution in [0.2, 0.25) is 0 Å². The molecule has 15 heavy (non-hydrogen) atoms. The number of aromatic hydroxyl groups is 2. The smallest absolute Gasteiger partial charge is 0.206 e. The van der Waals surface area contributed by atoms with E-state index in [-0.39, 0.29) is 5.56 Å². The van der Waals surface area contributed by atoms with Gasteiger partial charge in [0.2, 0.25) is 5.82 Å². The van der Waals surface area contributed by atoms with Gasteiger partial charge in [-0.05, 0) is 32.4 Å². The lowest BCUT2D eigenvalue weighted by molar-refractivity contribution is 0.378. The average Bonchev–Trinajstić information content (AvgIpc) is 2.20. The Morgan fingerprint density at radius 2 is 1.87 bits per heavy atom. The molecule has 80 valence electrons. The third-order valence-electron chi connectivity index (χ3n) is 2.36. The number of nitrogens with zero attached hydrogens (tertiary/aromatic N) is 1. The number of rotatable bonds is 1. The summed E-state index contributed by atoms with van der Waals surface area (Å²) in [5.74, 6) is -2.32. The summed E-state index contributed by atoms with van der Waals surface area (Å²) < 4.78 is 13.3. The number of hydrogen-bond acceptors (Lipinski definition) is 3. The molecule has 0 fully saturated rings. The SMILES string of the molecule is Cc1cc(C(C)(C)C#N)c(O)c(F)c1O. The third-order valence-corrected chi connectivity index (χ3v) is 2.36. The molecule has 0 radical (unpaired) electrons. The second-order valence-electron chi connectivity index (χ2n) is 3.99. The van der Waals surface area contributed by atoms with E-state index < -0.39 is 22.7 Å². The Bertz CT molecular complexity index is 447. The molecule has 4 heteroatoms. The van der Waals surface area contributed by atoms with Crippen LogP contribution < -0.4 is 0 Å². The number of benzene rings is 1. The summed E-state index contributed by atoms with van der Waals surface area (Å²) in [6.07, 6.45) is 0. The molecule has 3 nitrogen and oxygen atoms in total. The third kappa shape index (κ3) is 1.73. The Balaban J connectivity index is 3.54. The van der Waals surface area contributed by atoms with Gasteiger partial charge in [0.15, 0.2) is 11.5 Å². The predicted molar refractivity (Wildman–Crippen MR) is 53.1 cm³/mol. The molecular weight excluding hydrogens is 197 g/mol. The van der Waals surface area contributed by atoms with Gasteiger partial charge in [-0.25, -0.2) is 0 Å². The topological polar surface area (TPSA) is 64.2 Å². The molecule has 0 heterocycles. The summed E-state index contributed by atoms with van der Waals surface area (Å²) in [5.41, 5.74) is -0.523. The second kappa shape index (κ2) is 3.43. The molecule has 0 saturated heterocycles. The maximum atomic E-state index is 13.3. The van der Waals surface area contributed by atoms with E-state index in [0.717, 1.165) is 0 Å². The first-order valence-corrected chi connectivity index (χ1v) is 4.44. The van der Waals surface area contributed by atoms with E-state index in [0.29, 0.717) is 5.56 Å². The van der Waals surface area contributed by atoms with E-state index in [1.54, 1.807) is 13.8 Å². The standard InChI is InChI=1S/C11H12FNO2/c1-6-4-7(11(2,3)5-13)10(15)8(12)9(6)14/h4,14-15H,1-3H3. The Morgan fingerprint density at radius 1 is 1.33 bits per heavy atom. The molecule has 0 aliphatic carbocycles. The lowest BCUT2D eigenvalue weighted by atomic mass is 9.84. The van der Waals surface area contributed by atoms with Gasteiger partial charge in [-0.15, -0.1) is 0 Å². The maximum Gasteiger partial charge on any atom is 0.206 e. The summed E-state index contributed by atoms with van der Waals surface area (Å²) in [5, 5.41) is 27.6. The zero-order chi connectivity index (χ0) is 11.8. The normalized spacial score (nSPS) is 11.1. The lowest BCUT2D eigenvalue weighted by Gasteiger charge is -2.19. The highest BCUT2D eigenvalue weighted by atomic mass is 19.1. The predicted octanol–water partition coefficient (Wildman–Crippen LogP) is 2.35. The van der Waals surface area contributed by atoms with Gasteiger partial charge < -0.3 is 10.2 Å². The molecule has 1 aromatic carbocycles. The van der Waals surface area contributed by atoms with Crippen molar-refractivity contribution >= 4 is 0 Å². The second-order valence-corrected chi connectivity index (χ2v) is 3.99. The van der Waals surface area contributed by atoms with Gasteiger partial charge in [0.25, 0.3) is 0 Å². The summed E-state index contributed by atoms with van der Waals surface area (Å²) in [6, 6.07) is 3.38. The van der Waals surface area contributed by atoms with Crippen molar-refractivity contribution in [2.45, 2.75) is 26.2 Å². The van der Waals surface area contributed by atoms with Crippen molar-refractivity contribution in [3.8, 4) is 17.6 Å². The van der Waals surface area contributed by atoms with Gasteiger partial charge in [-0.3, -0.25) is 0 Å². The van der Waals surface area contributed by atoms with Crippen molar-refractivity contribution in [1.29, 1.82) is 5.26 Å². The highest BCUT2D eigenvalue weighted by molar-refractivity contribution is 5.50. The Kier molecular flexibility index (Phi) is 2.59. The van der Waals surface area contributed by atoms with Crippen LogP contribution in [0.1, 0.15) is 25.0 Å². The molecule has 0 atom stereocenters. The maximum absolute atomic E-state index is 13.3. The molecule has 0 unspecified atom stereocenters. The molecule has 0 aromatic heterocycles. The summed E-state index contributed by atoms with van der Waals surface area (Å²) in [6.45, 7) is 4.64. The first-order valence-electron chi connectivity index (χ1n) is 4.44. The van der Waals surface area contributed by atoms with E-state index in [4.69, 9.17) is 5.26 Å². The summed E-state index contributed by atoms with van der Waals surface area (Å²) >= 11 is 0. The van der Waals surface area contributed by atoms with Crippen molar-refractivity contribution in [2.75, 3.05) is 0 Å². The van der Waals surface area contributed by atoms with Gasteiger partial charge >= 0.3 is 0 Å². The molecule has 1 rings (SSSR count). The largest absolute Gasteiger partial charge is 0.505 e. The Morgan fingerprint density at radius 3 is 2.33 bits per heavy atom. The van der Waals surface area contributed by atoms with Crippen LogP contribution in [-0.2, 0) is 5.41 Å². The van der Waals surface area contributed by atoms with Gasteiger partial charge in [0.05, 0.1) is 11.5 Å². The van der Waals surface area contributed by atoms with Crippen LogP contribution in [0.25, 0.3) is 0 Å². The van der Waals surface area contributed by atoms with Crippen LogP contribution in [-0.4, -0.2) is 10.2 Å². The minimum Gasteiger partial charge on any atom is -0.505 e. The summed E-state index contributed by atoms with van der Waals surface area (Å²) in [4.78, 5) is 0. The molecule has 0 bridgehead atoms. The minimum absolute atomic E-state index is 0.179. The fourth-order valence-electron chi connectivity index (χ4n) is 1.29. The van der Waals surface area contributed by atoms with E-state index >= 15 is 0 Å². The van der Waals surface area contributed by atoms with Gasteiger partial charge in [-0.1, -0.05) is 0 Å². The fraction of sp³-hybridized carbons (Fsp3) is 0.364. The molecule has 2 N–H and O–H groups in total. The number of phenols is 2. The number of hydrogen-bond donors (Lipinski definition) is 2. The van der Waals surface area contributed by atoms with Crippen LogP contribution in [0.4, 0.5) is 4.39 Å². The Labute approximate surface area is 87.4 Å². The summed E-state index contributed by atoms with van der Waals surface area (Å²) in [7, 11) is 0. The average molecular weight is 209 g/mol. The van der Waals surface area contributed by atoms with E-state index in [9.17, 15) is 14.6 Å². The quantitative estimate of drug-likeness (QED) is 0.746. The van der Waals surface area contributed by atoms with Crippen LogP contribution in [0, 0.1) is 24.1 Å². The number of phenolic OH excluding ortho intramolecular Hbond substituents is 2. The van der Waals surface area contributed by atoms with Crippen LogP contribution in [0.5, 0.6) is 11.5 Å². The molecule has 0 aliphatic heterocycles. The van der Waals surface area contributed by atoms with Gasteiger partial charge in [-0.2, -0.15) is 9.65 Å². The van der Waals surface area contributed by atoms with E-state index in [1.165, 1.54) is 13.0 Å². The molecule has 0 spiro atoms. The van der Waals surface area contributed by atoms with Crippen molar-refractivity contribution < 1.29 is 14.6 Å². The number of halogens is 1. The lowest BCUT2D eigenvalue weighted by Crippen LogP contribution is -2.15. The van der Waals surface area contributed by atoms with Gasteiger partial charge in [0, 0.05) is 5.56 Å². The highest BCUT2D eigenvalue weighted by Crippen LogP contribution is 2.38. The van der Waals surface area contributed by atoms with E-state index in [1.807, 2.05) is 6.07 Å². The zero-order valence-corrected chi connectivity index (χ0v) is 8.80.